The van der Waals surface area contributed by atoms with Crippen molar-refractivity contribution in [1.29, 1.82) is 0 Å². The van der Waals surface area contributed by atoms with Crippen molar-refractivity contribution in [2.75, 3.05) is 7.05 Å². The third-order valence-corrected chi connectivity index (χ3v) is 3.36. The van der Waals surface area contributed by atoms with E-state index in [0.29, 0.717) is 5.41 Å². The van der Waals surface area contributed by atoms with Gasteiger partial charge in [-0.05, 0) is 37.4 Å². The Morgan fingerprint density at radius 2 is 1.84 bits per heavy atom. The summed E-state index contributed by atoms with van der Waals surface area (Å²) in [6.07, 6.45) is 4.13. The number of hydrogen-bond acceptors (Lipinski definition) is 3. The second-order valence-corrected chi connectivity index (χ2v) is 6.22. The van der Waals surface area contributed by atoms with Crippen LogP contribution >= 0.6 is 0 Å². The highest BCUT2D eigenvalue weighted by atomic mass is 14.9. The zero-order valence-corrected chi connectivity index (χ0v) is 12.3. The highest BCUT2D eigenvalue weighted by Crippen LogP contribution is 2.26. The lowest BCUT2D eigenvalue weighted by molar-refractivity contribution is 0.336. The number of benzene rings is 1. The van der Waals surface area contributed by atoms with Crippen LogP contribution in [0.15, 0.2) is 30.5 Å². The molecule has 102 valence electrons. The number of fused-ring (bicyclic) bond motifs is 1. The quantitative estimate of drug-likeness (QED) is 0.907. The monoisotopic (exact) mass is 257 g/mol. The van der Waals surface area contributed by atoms with Gasteiger partial charge >= 0.3 is 0 Å². The van der Waals surface area contributed by atoms with Crippen molar-refractivity contribution < 1.29 is 0 Å². The predicted molar refractivity (Wildman–Crippen MR) is 80.0 cm³/mol. The molecule has 1 heterocycles. The molecular formula is C16H23N3. The van der Waals surface area contributed by atoms with Gasteiger partial charge in [0.25, 0.3) is 0 Å². The molecule has 0 spiro atoms. The van der Waals surface area contributed by atoms with Crippen LogP contribution in [0.5, 0.6) is 0 Å². The van der Waals surface area contributed by atoms with Gasteiger partial charge in [0.1, 0.15) is 0 Å². The normalized spacial score (nSPS) is 13.7. The average molecular weight is 257 g/mol. The third kappa shape index (κ3) is 3.74. The maximum absolute atomic E-state index is 4.72. The van der Waals surface area contributed by atoms with E-state index in [1.54, 1.807) is 0 Å². The molecule has 1 N–H and O–H groups in total. The fourth-order valence-electron chi connectivity index (χ4n) is 2.16. The lowest BCUT2D eigenvalue weighted by atomic mass is 9.88. The molecule has 0 aliphatic heterocycles. The number of aromatic nitrogens is 2. The van der Waals surface area contributed by atoms with E-state index in [1.165, 1.54) is 0 Å². The summed E-state index contributed by atoms with van der Waals surface area (Å²) in [6, 6.07) is 8.28. The Bertz CT molecular complexity index is 543. The van der Waals surface area contributed by atoms with E-state index in [-0.39, 0.29) is 6.04 Å². The zero-order chi connectivity index (χ0) is 13.9. The predicted octanol–water partition coefficient (Wildman–Crippen LogP) is 3.72. The Labute approximate surface area is 115 Å². The maximum Gasteiger partial charge on any atom is 0.0890 e. The number of hydrogen-bond donors (Lipinski definition) is 1. The second kappa shape index (κ2) is 5.66. The van der Waals surface area contributed by atoms with Gasteiger partial charge in [-0.15, -0.1) is 0 Å². The molecule has 3 heteroatoms. The lowest BCUT2D eigenvalue weighted by Gasteiger charge is -2.22. The van der Waals surface area contributed by atoms with Crippen LogP contribution in [-0.2, 0) is 0 Å². The van der Waals surface area contributed by atoms with Gasteiger partial charge in [0.05, 0.1) is 29.0 Å². The molecule has 2 rings (SSSR count). The summed E-state index contributed by atoms with van der Waals surface area (Å²) < 4.78 is 0. The van der Waals surface area contributed by atoms with Crippen molar-refractivity contribution in [3.63, 3.8) is 0 Å². The van der Waals surface area contributed by atoms with Crippen LogP contribution in [-0.4, -0.2) is 17.0 Å². The first-order valence-corrected chi connectivity index (χ1v) is 6.88. The van der Waals surface area contributed by atoms with Crippen molar-refractivity contribution in [3.8, 4) is 0 Å². The highest BCUT2D eigenvalue weighted by Gasteiger charge is 2.17. The van der Waals surface area contributed by atoms with Crippen molar-refractivity contribution in [2.24, 2.45) is 5.41 Å². The number of nitrogens with one attached hydrogen (secondary N) is 1. The Morgan fingerprint density at radius 3 is 2.47 bits per heavy atom. The van der Waals surface area contributed by atoms with Crippen molar-refractivity contribution in [3.05, 3.63) is 36.2 Å². The maximum atomic E-state index is 4.72. The summed E-state index contributed by atoms with van der Waals surface area (Å²) in [5.74, 6) is 0. The molecule has 1 aromatic carbocycles. The summed E-state index contributed by atoms with van der Waals surface area (Å²) >= 11 is 0. The molecule has 19 heavy (non-hydrogen) atoms. The van der Waals surface area contributed by atoms with E-state index in [4.69, 9.17) is 4.98 Å². The smallest absolute Gasteiger partial charge is 0.0890 e. The summed E-state index contributed by atoms with van der Waals surface area (Å²) in [5.41, 5.74) is 3.30. The average Bonchev–Trinajstić information content (AvgIpc) is 2.38. The van der Waals surface area contributed by atoms with Crippen LogP contribution in [0.3, 0.4) is 0 Å². The third-order valence-electron chi connectivity index (χ3n) is 3.36. The summed E-state index contributed by atoms with van der Waals surface area (Å²) in [5, 5.41) is 3.35. The Balaban J connectivity index is 2.20. The van der Waals surface area contributed by atoms with E-state index < -0.39 is 0 Å². The van der Waals surface area contributed by atoms with Gasteiger partial charge in [-0.1, -0.05) is 32.9 Å². The van der Waals surface area contributed by atoms with Gasteiger partial charge in [-0.3, -0.25) is 4.98 Å². The van der Waals surface area contributed by atoms with Crippen LogP contribution in [0.2, 0.25) is 0 Å². The minimum Gasteiger partial charge on any atom is -0.312 e. The van der Waals surface area contributed by atoms with Gasteiger partial charge in [0.15, 0.2) is 0 Å². The largest absolute Gasteiger partial charge is 0.312 e. The van der Waals surface area contributed by atoms with Gasteiger partial charge in [-0.2, -0.15) is 0 Å². The van der Waals surface area contributed by atoms with Crippen LogP contribution in [0.1, 0.15) is 45.3 Å². The van der Waals surface area contributed by atoms with Crippen LogP contribution in [0, 0.1) is 5.41 Å². The first-order valence-electron chi connectivity index (χ1n) is 6.88. The number of rotatable bonds is 4. The lowest BCUT2D eigenvalue weighted by Crippen LogP contribution is -2.20. The molecule has 1 atom stereocenters. The summed E-state index contributed by atoms with van der Waals surface area (Å²) in [7, 11) is 1.99. The highest BCUT2D eigenvalue weighted by molar-refractivity contribution is 5.73. The van der Waals surface area contributed by atoms with E-state index in [1.807, 2.05) is 37.5 Å². The van der Waals surface area contributed by atoms with Gasteiger partial charge < -0.3 is 5.32 Å². The fraction of sp³-hybridized carbons (Fsp3) is 0.500. The molecule has 0 bridgehead atoms. The Kier molecular flexibility index (Phi) is 4.15. The molecule has 0 radical (unpaired) electrons. The van der Waals surface area contributed by atoms with Gasteiger partial charge in [0, 0.05) is 0 Å². The molecule has 0 saturated carbocycles. The molecule has 1 unspecified atom stereocenters. The topological polar surface area (TPSA) is 37.8 Å². The van der Waals surface area contributed by atoms with Crippen LogP contribution in [0.4, 0.5) is 0 Å². The minimum atomic E-state index is 0.274. The molecule has 0 fully saturated rings. The molecule has 0 amide bonds. The fourth-order valence-corrected chi connectivity index (χ4v) is 2.16. The van der Waals surface area contributed by atoms with Crippen molar-refractivity contribution >= 4 is 11.0 Å². The van der Waals surface area contributed by atoms with Crippen LogP contribution in [0.25, 0.3) is 11.0 Å². The second-order valence-electron chi connectivity index (χ2n) is 6.22. The SMILES string of the molecule is CNC(CCC(C)(C)C)c1cnc2ccccc2n1. The minimum absolute atomic E-state index is 0.274. The van der Waals surface area contributed by atoms with E-state index in [2.05, 4.69) is 31.1 Å². The standard InChI is InChI=1S/C16H23N3/c1-16(2,3)10-9-12(17-4)15-11-18-13-7-5-6-8-14(13)19-15/h5-8,11-12,17H,9-10H2,1-4H3. The van der Waals surface area contributed by atoms with Crippen molar-refractivity contribution in [1.82, 2.24) is 15.3 Å². The Hall–Kier alpha value is -1.48. The first-order chi connectivity index (χ1) is 8.99. The molecule has 0 aliphatic rings. The number of para-hydroxylation sites is 2. The molecular weight excluding hydrogens is 234 g/mol. The summed E-state index contributed by atoms with van der Waals surface area (Å²) in [6.45, 7) is 6.81. The Morgan fingerprint density at radius 1 is 1.16 bits per heavy atom. The van der Waals surface area contributed by atoms with Crippen molar-refractivity contribution in [2.45, 2.75) is 39.7 Å². The molecule has 2 aromatic rings. The first kappa shape index (κ1) is 13.9. The molecule has 0 saturated heterocycles. The van der Waals surface area contributed by atoms with Crippen LogP contribution < -0.4 is 5.32 Å². The van der Waals surface area contributed by atoms with E-state index >= 15 is 0 Å². The van der Waals surface area contributed by atoms with E-state index in [9.17, 15) is 0 Å². The molecule has 3 nitrogen and oxygen atoms in total. The van der Waals surface area contributed by atoms with E-state index in [0.717, 1.165) is 29.6 Å². The molecule has 0 aliphatic carbocycles. The number of nitrogens with zero attached hydrogens (tertiary/aromatic N) is 2. The van der Waals surface area contributed by atoms with Gasteiger partial charge in [-0.25, -0.2) is 4.98 Å². The summed E-state index contributed by atoms with van der Waals surface area (Å²) in [4.78, 5) is 9.21. The zero-order valence-electron chi connectivity index (χ0n) is 12.3. The van der Waals surface area contributed by atoms with Gasteiger partial charge in [0.2, 0.25) is 0 Å². The molecule has 1 aromatic heterocycles.